The van der Waals surface area contributed by atoms with Crippen molar-refractivity contribution in [3.63, 3.8) is 0 Å². The number of terminal acetylenes is 1. The average Bonchev–Trinajstić information content (AvgIpc) is 3.86. The van der Waals surface area contributed by atoms with Crippen molar-refractivity contribution in [2.75, 3.05) is 34.0 Å². The molecule has 1 fully saturated rings. The van der Waals surface area contributed by atoms with Gasteiger partial charge in [0.25, 0.3) is 0 Å². The number of carboxylic acid groups (broad SMARTS) is 1. The van der Waals surface area contributed by atoms with Crippen molar-refractivity contribution in [3.8, 4) is 12.8 Å². The summed E-state index contributed by atoms with van der Waals surface area (Å²) >= 11 is 0. The van der Waals surface area contributed by atoms with Crippen LogP contribution in [0.3, 0.4) is 0 Å². The fourth-order valence-electron chi connectivity index (χ4n) is 8.60. The summed E-state index contributed by atoms with van der Waals surface area (Å²) < 4.78 is 21.7. The predicted octanol–water partition coefficient (Wildman–Crippen LogP) is 10.7. The minimum atomic E-state index is -1.07. The summed E-state index contributed by atoms with van der Waals surface area (Å²) in [6, 6.07) is 0. The standard InChI is InChI=1S/C33H42O5.C16H22O4.C12H22N5O2P.C2H2/c1-8-9-10-14-24(2)15-11-12-16-25(3)17-13-18-26(4)19-20-28-27(5)32(37)29(23-33(28,6)7)38-31(36)22-21-30(34)35;1-5-7-12-11(2)15(19)13(10-16(12,3)4)20-14(18)8-6-9-17;1-13-11-4-14-7-17(8-15-6-16-11)12-3-10(20)9(19-12)5-18-2;1-2/h8-20,29H,21-23H2,1-7H3,(H,34,35);5,7,9,13H,6,8,10H2,1-4H3;6-7,9-10,12H,3-5,8,20H2,1-2H3,(H,13,15,16);1-2H/b9-8-,12-11+,14-10+,17-13+,20-19+,24-15+,25-16+,26-18+;7-5+;;. The van der Waals surface area contributed by atoms with Crippen LogP contribution in [-0.2, 0) is 47.7 Å². The summed E-state index contributed by atoms with van der Waals surface area (Å²) in [4.78, 5) is 84.4. The number of allylic oxidation sites excluding steroid dienone is 20. The Morgan fingerprint density at radius 2 is 1.35 bits per heavy atom. The van der Waals surface area contributed by atoms with E-state index >= 15 is 0 Å². The molecule has 2 heterocycles. The van der Waals surface area contributed by atoms with Crippen LogP contribution in [0.4, 0.5) is 0 Å². The van der Waals surface area contributed by atoms with Crippen molar-refractivity contribution in [3.05, 3.63) is 130 Å². The number of carbonyl (C=O) groups excluding carboxylic acids is 5. The van der Waals surface area contributed by atoms with E-state index in [1.54, 1.807) is 40.7 Å². The molecule has 2 aliphatic carbocycles. The Morgan fingerprint density at radius 1 is 0.812 bits per heavy atom. The normalized spacial score (nSPS) is 23.6. The lowest BCUT2D eigenvalue weighted by atomic mass is 9.71. The first kappa shape index (κ1) is 71.1. The van der Waals surface area contributed by atoms with Crippen molar-refractivity contribution in [2.45, 2.75) is 151 Å². The fourth-order valence-corrected chi connectivity index (χ4v) is 9.03. The highest BCUT2D eigenvalue weighted by molar-refractivity contribution is 7.17. The molecule has 0 amide bonds. The van der Waals surface area contributed by atoms with E-state index in [1.807, 2.05) is 139 Å². The summed E-state index contributed by atoms with van der Waals surface area (Å²) in [6.45, 7) is 23.2. The van der Waals surface area contributed by atoms with Gasteiger partial charge in [0, 0.05) is 45.5 Å². The number of carboxylic acids is 1. The molecular formula is C63H88N5O11P. The Bertz CT molecular complexity index is 2580. The van der Waals surface area contributed by atoms with E-state index in [-0.39, 0.29) is 60.4 Å². The zero-order valence-electron chi connectivity index (χ0n) is 49.4. The molecule has 0 spiro atoms. The Morgan fingerprint density at radius 3 is 1.88 bits per heavy atom. The predicted molar refractivity (Wildman–Crippen MR) is 325 cm³/mol. The van der Waals surface area contributed by atoms with E-state index in [4.69, 9.17) is 24.1 Å². The first-order chi connectivity index (χ1) is 37.9. The van der Waals surface area contributed by atoms with Gasteiger partial charge in [-0.3, -0.25) is 38.9 Å². The molecule has 1 saturated heterocycles. The minimum absolute atomic E-state index is 0.0151. The van der Waals surface area contributed by atoms with E-state index in [2.05, 4.69) is 61.5 Å². The van der Waals surface area contributed by atoms with Crippen LogP contribution in [0, 0.1) is 23.7 Å². The number of nitrogens with one attached hydrogen (secondary N) is 1. The molecule has 0 aromatic carbocycles. The van der Waals surface area contributed by atoms with E-state index in [1.165, 1.54) is 5.57 Å². The smallest absolute Gasteiger partial charge is 0.307 e. The molecule has 6 unspecified atom stereocenters. The molecule has 436 valence electrons. The minimum Gasteiger partial charge on any atom is -0.481 e. The number of amidine groups is 1. The summed E-state index contributed by atoms with van der Waals surface area (Å²) in [5, 5.41) is 11.8. The van der Waals surface area contributed by atoms with Crippen molar-refractivity contribution in [2.24, 2.45) is 25.8 Å². The lowest BCUT2D eigenvalue weighted by Gasteiger charge is -2.36. The molecule has 0 radical (unpaired) electrons. The third-order valence-electron chi connectivity index (χ3n) is 12.9. The van der Waals surface area contributed by atoms with Crippen molar-refractivity contribution >= 4 is 63.5 Å². The summed E-state index contributed by atoms with van der Waals surface area (Å²) in [6.07, 6.45) is 41.9. The topological polar surface area (TPSA) is 212 Å². The van der Waals surface area contributed by atoms with Crippen LogP contribution >= 0.6 is 9.24 Å². The number of aliphatic imine (C=N–C) groups is 3. The Hall–Kier alpha value is -6.92. The van der Waals surface area contributed by atoms with Gasteiger partial charge in [-0.1, -0.05) is 136 Å². The van der Waals surface area contributed by atoms with Gasteiger partial charge in [-0.2, -0.15) is 0 Å². The third kappa shape index (κ3) is 25.9. The quantitative estimate of drug-likeness (QED) is 0.0382. The number of aliphatic carboxylic acids is 1. The van der Waals surface area contributed by atoms with E-state index in [0.29, 0.717) is 55.8 Å². The number of esters is 2. The highest BCUT2D eigenvalue weighted by Gasteiger charge is 2.41. The zero-order chi connectivity index (χ0) is 60.4. The molecule has 16 nitrogen and oxygen atoms in total. The second-order valence-electron chi connectivity index (χ2n) is 20.5. The van der Waals surface area contributed by atoms with Crippen LogP contribution in [0.1, 0.15) is 121 Å². The molecule has 4 rings (SSSR count). The monoisotopic (exact) mass is 1120 g/mol. The third-order valence-corrected chi connectivity index (χ3v) is 13.6. The van der Waals surface area contributed by atoms with Crippen LogP contribution in [0.15, 0.2) is 145 Å². The molecule has 6 atom stereocenters. The molecule has 0 saturated carbocycles. The highest BCUT2D eigenvalue weighted by Crippen LogP contribution is 2.42. The maximum absolute atomic E-state index is 12.9. The Labute approximate surface area is 478 Å². The number of methoxy groups -OCH3 is 1. The first-order valence-corrected chi connectivity index (χ1v) is 27.3. The number of rotatable bonds is 20. The van der Waals surface area contributed by atoms with Gasteiger partial charge in [-0.15, -0.1) is 22.1 Å². The molecule has 2 N–H and O–H groups in total. The second kappa shape index (κ2) is 37.9. The zero-order valence-corrected chi connectivity index (χ0v) is 50.6. The van der Waals surface area contributed by atoms with Gasteiger partial charge in [-0.05, 0) is 81.6 Å². The number of aldehydes is 1. The summed E-state index contributed by atoms with van der Waals surface area (Å²) in [5.41, 5.74) is 6.20. The molecule has 0 aromatic heterocycles. The van der Waals surface area contributed by atoms with Crippen LogP contribution < -0.4 is 5.32 Å². The van der Waals surface area contributed by atoms with Gasteiger partial charge in [0.1, 0.15) is 25.0 Å². The number of carbonyl (C=O) groups is 6. The Kier molecular flexibility index (Phi) is 33.6. The molecule has 0 aromatic rings. The van der Waals surface area contributed by atoms with Gasteiger partial charge in [-0.25, -0.2) is 0 Å². The van der Waals surface area contributed by atoms with Crippen LogP contribution in [0.25, 0.3) is 0 Å². The van der Waals surface area contributed by atoms with E-state index in [0.717, 1.165) is 34.5 Å². The van der Waals surface area contributed by atoms with Crippen molar-refractivity contribution < 1.29 is 52.8 Å². The molecular weight excluding hydrogens is 1030 g/mol. The maximum Gasteiger partial charge on any atom is 0.307 e. The molecule has 17 heteroatoms. The van der Waals surface area contributed by atoms with Gasteiger partial charge in [0.2, 0.25) is 0 Å². The number of ether oxygens (including phenoxy) is 4. The van der Waals surface area contributed by atoms with E-state index < -0.39 is 30.1 Å². The van der Waals surface area contributed by atoms with Gasteiger partial charge < -0.3 is 39.1 Å². The maximum atomic E-state index is 12.9. The molecule has 4 aliphatic rings. The summed E-state index contributed by atoms with van der Waals surface area (Å²) in [5.74, 6) is -1.82. The number of hydrogen-bond acceptors (Lipinski definition) is 14. The van der Waals surface area contributed by atoms with Crippen LogP contribution in [0.2, 0.25) is 0 Å². The van der Waals surface area contributed by atoms with Gasteiger partial charge in [0.15, 0.2) is 23.8 Å². The van der Waals surface area contributed by atoms with Crippen molar-refractivity contribution in [1.29, 1.82) is 0 Å². The SMILES string of the molecule is C#C.C/C=C/C1=C(C)C(=O)C(OC(=O)CCC=O)CC1(C)C.CN=C1CN=CN(C2CC(P)C(COC)O2)C/N=C\N1.C\C=C/C=C/C(C)=C/C=C/C=C(C)/C=C/C=C(C)/C=C/C1=C(C)C(=O)C(OC(=O)CCC(=O)O)CC1(C)C. The van der Waals surface area contributed by atoms with Crippen LogP contribution in [0.5, 0.6) is 0 Å². The summed E-state index contributed by atoms with van der Waals surface area (Å²) in [7, 11) is 6.25. The Balaban J connectivity index is 0.000000640. The van der Waals surface area contributed by atoms with Gasteiger partial charge in [0.05, 0.1) is 51.2 Å². The number of Topliss-reactive ketones (excluding diaryl/α,β-unsaturated/α-hetero) is 2. The average molecular weight is 1120 g/mol. The first-order valence-electron chi connectivity index (χ1n) is 26.7. The number of ketones is 2. The van der Waals surface area contributed by atoms with Crippen LogP contribution in [-0.4, -0.2) is 128 Å². The molecule has 0 bridgehead atoms. The van der Waals surface area contributed by atoms with Crippen molar-refractivity contribution in [1.82, 2.24) is 10.2 Å². The fraction of sp³-hybridized carbons (Fsp3) is 0.476. The van der Waals surface area contributed by atoms with Gasteiger partial charge >= 0.3 is 17.9 Å². The molecule has 80 heavy (non-hydrogen) atoms. The van der Waals surface area contributed by atoms with E-state index in [9.17, 15) is 28.8 Å². The largest absolute Gasteiger partial charge is 0.481 e. The highest BCUT2D eigenvalue weighted by atomic mass is 31.0. The molecule has 2 aliphatic heterocycles. The lowest BCUT2D eigenvalue weighted by Crippen LogP contribution is -2.39. The number of nitrogens with zero attached hydrogens (tertiary/aromatic N) is 4. The second-order valence-corrected chi connectivity index (χ2v) is 21.3. The number of hydrogen-bond donors (Lipinski definition) is 2. The lowest BCUT2D eigenvalue weighted by molar-refractivity contribution is -0.157.